The van der Waals surface area contributed by atoms with Crippen LogP contribution in [0.2, 0.25) is 0 Å². The van der Waals surface area contributed by atoms with Gasteiger partial charge in [0.2, 0.25) is 0 Å². The Morgan fingerprint density at radius 3 is 1.89 bits per heavy atom. The molecular weight excluding hydrogens is 236 g/mol. The van der Waals surface area contributed by atoms with Crippen LogP contribution in [0.1, 0.15) is 78.1 Å². The van der Waals surface area contributed by atoms with E-state index >= 15 is 0 Å². The third kappa shape index (κ3) is 12.0. The van der Waals surface area contributed by atoms with E-state index in [9.17, 15) is 4.79 Å². The number of rotatable bonds is 12. The molecule has 0 heterocycles. The lowest BCUT2D eigenvalue weighted by molar-refractivity contribution is -0.136. The SMILES string of the molecule is C=C(CCCCCCCCCCC(C)C)C(=O)OC. The van der Waals surface area contributed by atoms with Crippen LogP contribution in [0, 0.1) is 5.92 Å². The third-order valence-electron chi connectivity index (χ3n) is 3.48. The van der Waals surface area contributed by atoms with Gasteiger partial charge in [-0.2, -0.15) is 0 Å². The predicted molar refractivity (Wildman–Crippen MR) is 82.2 cm³/mol. The van der Waals surface area contributed by atoms with E-state index in [2.05, 4.69) is 25.2 Å². The number of methoxy groups -OCH3 is 1. The van der Waals surface area contributed by atoms with Crippen molar-refractivity contribution >= 4 is 5.97 Å². The summed E-state index contributed by atoms with van der Waals surface area (Å²) in [5.74, 6) is 0.591. The molecule has 0 aromatic rings. The summed E-state index contributed by atoms with van der Waals surface area (Å²) >= 11 is 0. The highest BCUT2D eigenvalue weighted by Gasteiger charge is 2.05. The zero-order valence-corrected chi connectivity index (χ0v) is 13.2. The summed E-state index contributed by atoms with van der Waals surface area (Å²) in [7, 11) is 1.41. The zero-order chi connectivity index (χ0) is 14.5. The lowest BCUT2D eigenvalue weighted by Gasteiger charge is -2.05. The second kappa shape index (κ2) is 12.3. The first-order valence-corrected chi connectivity index (χ1v) is 7.84. The van der Waals surface area contributed by atoms with Crippen LogP contribution in [0.25, 0.3) is 0 Å². The molecule has 0 rings (SSSR count). The highest BCUT2D eigenvalue weighted by atomic mass is 16.5. The molecule has 0 fully saturated rings. The summed E-state index contributed by atoms with van der Waals surface area (Å²) in [6.07, 6.45) is 12.5. The van der Waals surface area contributed by atoms with E-state index < -0.39 is 0 Å². The van der Waals surface area contributed by atoms with Crippen LogP contribution in [0.5, 0.6) is 0 Å². The Balaban J connectivity index is 3.19. The Bertz CT molecular complexity index is 244. The van der Waals surface area contributed by atoms with Crippen LogP contribution >= 0.6 is 0 Å². The molecule has 0 aliphatic heterocycles. The molecule has 2 heteroatoms. The monoisotopic (exact) mass is 268 g/mol. The molecule has 0 bridgehead atoms. The Morgan fingerprint density at radius 2 is 1.42 bits per heavy atom. The predicted octanol–water partition coefficient (Wildman–Crippen LogP) is 5.27. The highest BCUT2D eigenvalue weighted by molar-refractivity contribution is 5.87. The molecule has 112 valence electrons. The third-order valence-corrected chi connectivity index (χ3v) is 3.48. The maximum absolute atomic E-state index is 11.1. The van der Waals surface area contributed by atoms with Crippen LogP contribution < -0.4 is 0 Å². The van der Waals surface area contributed by atoms with E-state index in [1.165, 1.54) is 58.5 Å². The Kier molecular flexibility index (Phi) is 11.7. The minimum atomic E-state index is -0.259. The number of carbonyl (C=O) groups is 1. The smallest absolute Gasteiger partial charge is 0.333 e. The van der Waals surface area contributed by atoms with E-state index in [4.69, 9.17) is 0 Å². The number of unbranched alkanes of at least 4 members (excludes halogenated alkanes) is 7. The van der Waals surface area contributed by atoms with Gasteiger partial charge in [-0.1, -0.05) is 71.8 Å². The average Bonchev–Trinajstić information content (AvgIpc) is 2.39. The normalized spacial score (nSPS) is 10.7. The molecule has 0 aliphatic carbocycles. The quantitative estimate of drug-likeness (QED) is 0.274. The summed E-state index contributed by atoms with van der Waals surface area (Å²) < 4.78 is 4.62. The summed E-state index contributed by atoms with van der Waals surface area (Å²) in [4.78, 5) is 11.1. The number of esters is 1. The van der Waals surface area contributed by atoms with Crippen LogP contribution in [0.15, 0.2) is 12.2 Å². The van der Waals surface area contributed by atoms with Gasteiger partial charge in [-0.3, -0.25) is 0 Å². The average molecular weight is 268 g/mol. The minimum Gasteiger partial charge on any atom is -0.466 e. The van der Waals surface area contributed by atoms with Crippen molar-refractivity contribution in [2.45, 2.75) is 78.1 Å². The topological polar surface area (TPSA) is 26.3 Å². The van der Waals surface area contributed by atoms with Crippen molar-refractivity contribution in [3.8, 4) is 0 Å². The molecular formula is C17H32O2. The molecule has 0 N–H and O–H groups in total. The molecule has 19 heavy (non-hydrogen) atoms. The van der Waals surface area contributed by atoms with E-state index in [1.54, 1.807) is 0 Å². The molecule has 2 nitrogen and oxygen atoms in total. The fraction of sp³-hybridized carbons (Fsp3) is 0.824. The van der Waals surface area contributed by atoms with E-state index in [0.717, 1.165) is 18.8 Å². The molecule has 0 amide bonds. The van der Waals surface area contributed by atoms with E-state index in [-0.39, 0.29) is 5.97 Å². The lowest BCUT2D eigenvalue weighted by atomic mass is 10.0. The van der Waals surface area contributed by atoms with Gasteiger partial charge < -0.3 is 4.74 Å². The Morgan fingerprint density at radius 1 is 0.947 bits per heavy atom. The summed E-state index contributed by atoms with van der Waals surface area (Å²) in [6, 6.07) is 0. The molecule has 0 spiro atoms. The van der Waals surface area contributed by atoms with Gasteiger partial charge in [0, 0.05) is 5.57 Å². The summed E-state index contributed by atoms with van der Waals surface area (Å²) in [5.41, 5.74) is 0.608. The largest absolute Gasteiger partial charge is 0.466 e. The maximum atomic E-state index is 11.1. The lowest BCUT2D eigenvalue weighted by Crippen LogP contribution is -2.03. The number of hydrogen-bond acceptors (Lipinski definition) is 2. The molecule has 0 saturated heterocycles. The second-order valence-corrected chi connectivity index (χ2v) is 5.86. The van der Waals surface area contributed by atoms with Crippen molar-refractivity contribution in [3.05, 3.63) is 12.2 Å². The van der Waals surface area contributed by atoms with Crippen LogP contribution in [0.3, 0.4) is 0 Å². The molecule has 0 unspecified atom stereocenters. The molecule has 0 atom stereocenters. The second-order valence-electron chi connectivity index (χ2n) is 5.86. The molecule has 0 aromatic carbocycles. The van der Waals surface area contributed by atoms with Gasteiger partial charge in [-0.25, -0.2) is 4.79 Å². The minimum absolute atomic E-state index is 0.259. The first-order valence-electron chi connectivity index (χ1n) is 7.84. The first-order chi connectivity index (χ1) is 9.07. The Hall–Kier alpha value is -0.790. The van der Waals surface area contributed by atoms with Gasteiger partial charge in [0.1, 0.15) is 0 Å². The first kappa shape index (κ1) is 18.2. The van der Waals surface area contributed by atoms with Crippen LogP contribution in [-0.2, 0) is 9.53 Å². The van der Waals surface area contributed by atoms with Gasteiger partial charge in [0.15, 0.2) is 0 Å². The Labute approximate surface area is 119 Å². The number of hydrogen-bond donors (Lipinski definition) is 0. The molecule has 0 aromatic heterocycles. The van der Waals surface area contributed by atoms with Gasteiger partial charge >= 0.3 is 5.97 Å². The number of ether oxygens (including phenoxy) is 1. The van der Waals surface area contributed by atoms with Gasteiger partial charge in [-0.15, -0.1) is 0 Å². The van der Waals surface area contributed by atoms with Crippen molar-refractivity contribution in [3.63, 3.8) is 0 Å². The van der Waals surface area contributed by atoms with Crippen molar-refractivity contribution in [1.82, 2.24) is 0 Å². The zero-order valence-electron chi connectivity index (χ0n) is 13.2. The summed E-state index contributed by atoms with van der Waals surface area (Å²) in [5, 5.41) is 0. The van der Waals surface area contributed by atoms with Gasteiger partial charge in [0.05, 0.1) is 7.11 Å². The standard InChI is InChI=1S/C17H32O2/c1-15(2)13-11-9-7-5-6-8-10-12-14-16(3)17(18)19-4/h15H,3,5-14H2,1-2,4H3. The summed E-state index contributed by atoms with van der Waals surface area (Å²) in [6.45, 7) is 8.32. The van der Waals surface area contributed by atoms with Crippen LogP contribution in [0.4, 0.5) is 0 Å². The fourth-order valence-corrected chi connectivity index (χ4v) is 2.20. The van der Waals surface area contributed by atoms with Crippen LogP contribution in [-0.4, -0.2) is 13.1 Å². The molecule has 0 radical (unpaired) electrons. The van der Waals surface area contributed by atoms with E-state index in [0.29, 0.717) is 5.57 Å². The maximum Gasteiger partial charge on any atom is 0.333 e. The van der Waals surface area contributed by atoms with Crippen molar-refractivity contribution in [2.75, 3.05) is 7.11 Å². The van der Waals surface area contributed by atoms with Crippen molar-refractivity contribution < 1.29 is 9.53 Å². The van der Waals surface area contributed by atoms with Crippen molar-refractivity contribution in [1.29, 1.82) is 0 Å². The van der Waals surface area contributed by atoms with Crippen molar-refractivity contribution in [2.24, 2.45) is 5.92 Å². The molecule has 0 saturated carbocycles. The van der Waals surface area contributed by atoms with E-state index in [1.807, 2.05) is 0 Å². The van der Waals surface area contributed by atoms with Gasteiger partial charge in [0.25, 0.3) is 0 Å². The number of carbonyl (C=O) groups excluding carboxylic acids is 1. The molecule has 0 aliphatic rings. The van der Waals surface area contributed by atoms with Gasteiger partial charge in [-0.05, 0) is 18.8 Å². The highest BCUT2D eigenvalue weighted by Crippen LogP contribution is 2.14. The fourth-order valence-electron chi connectivity index (χ4n) is 2.20.